The van der Waals surface area contributed by atoms with E-state index in [9.17, 15) is 5.11 Å². The molecule has 3 nitrogen and oxygen atoms in total. The van der Waals surface area contributed by atoms with Crippen LogP contribution in [0.1, 0.15) is 33.6 Å². The average Bonchev–Trinajstić information content (AvgIpc) is 2.32. The molecule has 1 rings (SSSR count). The van der Waals surface area contributed by atoms with Gasteiger partial charge in [0.05, 0.1) is 12.7 Å². The van der Waals surface area contributed by atoms with Crippen molar-refractivity contribution >= 4 is 0 Å². The van der Waals surface area contributed by atoms with Crippen LogP contribution in [-0.4, -0.2) is 31.7 Å². The van der Waals surface area contributed by atoms with E-state index in [1.54, 1.807) is 7.11 Å². The van der Waals surface area contributed by atoms with E-state index in [1.165, 1.54) is 5.57 Å². The summed E-state index contributed by atoms with van der Waals surface area (Å²) >= 11 is 0. The quantitative estimate of drug-likeness (QED) is 0.585. The number of aliphatic hydroxyl groups is 1. The Bertz CT molecular complexity index is 318. The van der Waals surface area contributed by atoms with Gasteiger partial charge in [0.15, 0.2) is 0 Å². The van der Waals surface area contributed by atoms with Crippen LogP contribution < -0.4 is 0 Å². The van der Waals surface area contributed by atoms with E-state index in [0.29, 0.717) is 5.92 Å². The van der Waals surface area contributed by atoms with Gasteiger partial charge in [-0.25, -0.2) is 0 Å². The molecule has 0 aromatic rings. The van der Waals surface area contributed by atoms with Crippen LogP contribution in [0.15, 0.2) is 23.8 Å². The molecule has 0 spiro atoms. The highest BCUT2D eigenvalue weighted by Gasteiger charge is 2.40. The zero-order chi connectivity index (χ0) is 13.8. The zero-order valence-corrected chi connectivity index (χ0v) is 12.0. The van der Waals surface area contributed by atoms with Gasteiger partial charge in [0, 0.05) is 7.11 Å². The second-order valence-corrected chi connectivity index (χ2v) is 5.56. The fourth-order valence-corrected chi connectivity index (χ4v) is 3.07. The molecule has 1 aliphatic carbocycles. The van der Waals surface area contributed by atoms with E-state index in [1.807, 2.05) is 6.08 Å². The largest absolute Gasteiger partial charge is 0.392 e. The highest BCUT2D eigenvalue weighted by Crippen LogP contribution is 2.46. The third-order valence-electron chi connectivity index (χ3n) is 4.22. The van der Waals surface area contributed by atoms with Gasteiger partial charge >= 0.3 is 0 Å². The van der Waals surface area contributed by atoms with Crippen LogP contribution in [0.4, 0.5) is 0 Å². The molecule has 2 atom stereocenters. The summed E-state index contributed by atoms with van der Waals surface area (Å²) in [4.78, 5) is 0. The fourth-order valence-electron chi connectivity index (χ4n) is 3.07. The molecule has 0 aliphatic heterocycles. The van der Waals surface area contributed by atoms with Crippen molar-refractivity contribution in [2.45, 2.75) is 39.7 Å². The molecule has 0 saturated carbocycles. The topological polar surface area (TPSA) is 38.7 Å². The molecule has 0 aromatic heterocycles. The lowest BCUT2D eigenvalue weighted by Gasteiger charge is -2.44. The lowest BCUT2D eigenvalue weighted by molar-refractivity contribution is -0.0897. The molecule has 18 heavy (non-hydrogen) atoms. The van der Waals surface area contributed by atoms with E-state index in [-0.39, 0.29) is 24.9 Å². The molecule has 0 fully saturated rings. The summed E-state index contributed by atoms with van der Waals surface area (Å²) < 4.78 is 10.7. The van der Waals surface area contributed by atoms with Gasteiger partial charge in [-0.05, 0) is 36.7 Å². The first-order chi connectivity index (χ1) is 8.48. The monoisotopic (exact) mass is 254 g/mol. The molecule has 0 aromatic carbocycles. The number of ether oxygens (including phenoxy) is 2. The van der Waals surface area contributed by atoms with Crippen molar-refractivity contribution in [1.82, 2.24) is 0 Å². The maximum absolute atomic E-state index is 9.60. The minimum absolute atomic E-state index is 0.0328. The SMILES string of the molecule is C=CC(OCOC)C1CCC(C)=C(CO)C1(C)C. The molecular formula is C15H26O3. The summed E-state index contributed by atoms with van der Waals surface area (Å²) in [6.07, 6.45) is 3.89. The standard InChI is InChI=1S/C15H26O3/c1-6-14(18-10-17-5)12-8-7-11(2)13(9-16)15(12,3)4/h6,12,14,16H,1,7-10H2,2-5H3. The Morgan fingerprint density at radius 1 is 1.56 bits per heavy atom. The van der Waals surface area contributed by atoms with Crippen LogP contribution in [-0.2, 0) is 9.47 Å². The van der Waals surface area contributed by atoms with Gasteiger partial charge in [-0.15, -0.1) is 6.58 Å². The first kappa shape index (κ1) is 15.4. The second-order valence-electron chi connectivity index (χ2n) is 5.56. The van der Waals surface area contributed by atoms with E-state index >= 15 is 0 Å². The zero-order valence-electron chi connectivity index (χ0n) is 12.0. The molecule has 1 N–H and O–H groups in total. The van der Waals surface area contributed by atoms with Gasteiger partial charge in [0.2, 0.25) is 0 Å². The van der Waals surface area contributed by atoms with E-state index in [0.717, 1.165) is 18.4 Å². The minimum atomic E-state index is -0.0658. The predicted octanol–water partition coefficient (Wildman–Crippen LogP) is 2.91. The summed E-state index contributed by atoms with van der Waals surface area (Å²) in [6.45, 7) is 10.7. The van der Waals surface area contributed by atoms with E-state index in [2.05, 4.69) is 27.4 Å². The third-order valence-corrected chi connectivity index (χ3v) is 4.22. The summed E-state index contributed by atoms with van der Waals surface area (Å²) in [5, 5.41) is 9.60. The summed E-state index contributed by atoms with van der Waals surface area (Å²) in [5.41, 5.74) is 2.39. The molecule has 0 amide bonds. The number of allylic oxidation sites excluding steroid dienone is 1. The highest BCUT2D eigenvalue weighted by atomic mass is 16.7. The van der Waals surface area contributed by atoms with Crippen LogP contribution in [0.3, 0.4) is 0 Å². The van der Waals surface area contributed by atoms with Crippen LogP contribution in [0.5, 0.6) is 0 Å². The maximum atomic E-state index is 9.60. The van der Waals surface area contributed by atoms with Crippen molar-refractivity contribution in [1.29, 1.82) is 0 Å². The summed E-state index contributed by atoms with van der Waals surface area (Å²) in [5.74, 6) is 0.330. The highest BCUT2D eigenvalue weighted by molar-refractivity contribution is 5.25. The predicted molar refractivity (Wildman–Crippen MR) is 73.2 cm³/mol. The van der Waals surface area contributed by atoms with Crippen LogP contribution in [0.2, 0.25) is 0 Å². The minimum Gasteiger partial charge on any atom is -0.392 e. The molecule has 0 radical (unpaired) electrons. The molecule has 2 unspecified atom stereocenters. The van der Waals surface area contributed by atoms with Gasteiger partial charge in [-0.2, -0.15) is 0 Å². The fraction of sp³-hybridized carbons (Fsp3) is 0.733. The number of rotatable bonds is 6. The average molecular weight is 254 g/mol. The molecular weight excluding hydrogens is 228 g/mol. The Hall–Kier alpha value is -0.640. The normalized spacial score (nSPS) is 25.1. The molecule has 1 aliphatic rings. The van der Waals surface area contributed by atoms with Crippen molar-refractivity contribution in [2.75, 3.05) is 20.5 Å². The lowest BCUT2D eigenvalue weighted by atomic mass is 9.63. The Kier molecular flexibility index (Phi) is 5.57. The van der Waals surface area contributed by atoms with Crippen LogP contribution in [0, 0.1) is 11.3 Å². The van der Waals surface area contributed by atoms with Crippen molar-refractivity contribution < 1.29 is 14.6 Å². The maximum Gasteiger partial charge on any atom is 0.147 e. The molecule has 0 saturated heterocycles. The Labute approximate surface area is 110 Å². The van der Waals surface area contributed by atoms with Gasteiger partial charge in [0.25, 0.3) is 0 Å². The Balaban J connectivity index is 2.93. The summed E-state index contributed by atoms with van der Waals surface area (Å²) in [6, 6.07) is 0. The number of methoxy groups -OCH3 is 1. The smallest absolute Gasteiger partial charge is 0.147 e. The number of hydrogen-bond acceptors (Lipinski definition) is 3. The number of hydrogen-bond donors (Lipinski definition) is 1. The van der Waals surface area contributed by atoms with Gasteiger partial charge in [-0.3, -0.25) is 0 Å². The molecule has 0 heterocycles. The first-order valence-electron chi connectivity index (χ1n) is 6.52. The Morgan fingerprint density at radius 3 is 2.72 bits per heavy atom. The van der Waals surface area contributed by atoms with Crippen molar-refractivity contribution in [3.05, 3.63) is 23.8 Å². The van der Waals surface area contributed by atoms with Gasteiger partial charge in [-0.1, -0.05) is 25.5 Å². The van der Waals surface area contributed by atoms with Gasteiger partial charge in [0.1, 0.15) is 6.79 Å². The van der Waals surface area contributed by atoms with E-state index in [4.69, 9.17) is 9.47 Å². The lowest BCUT2D eigenvalue weighted by Crippen LogP contribution is -2.40. The van der Waals surface area contributed by atoms with Crippen LogP contribution in [0.25, 0.3) is 0 Å². The molecule has 104 valence electrons. The van der Waals surface area contributed by atoms with Crippen molar-refractivity contribution in [2.24, 2.45) is 11.3 Å². The first-order valence-corrected chi connectivity index (χ1v) is 6.52. The summed E-state index contributed by atoms with van der Waals surface area (Å²) in [7, 11) is 1.62. The van der Waals surface area contributed by atoms with Crippen molar-refractivity contribution in [3.8, 4) is 0 Å². The Morgan fingerprint density at radius 2 is 2.22 bits per heavy atom. The van der Waals surface area contributed by atoms with Gasteiger partial charge < -0.3 is 14.6 Å². The van der Waals surface area contributed by atoms with Crippen LogP contribution >= 0.6 is 0 Å². The number of aliphatic hydroxyl groups excluding tert-OH is 1. The third kappa shape index (κ3) is 3.02. The second kappa shape index (κ2) is 6.50. The van der Waals surface area contributed by atoms with Crippen molar-refractivity contribution in [3.63, 3.8) is 0 Å². The molecule has 0 bridgehead atoms. The van der Waals surface area contributed by atoms with E-state index < -0.39 is 0 Å². The molecule has 3 heteroatoms.